The molecule has 0 saturated heterocycles. The molecule has 1 N–H and O–H groups in total. The fraction of sp³-hybridized carbons (Fsp3) is 0.364. The van der Waals surface area contributed by atoms with Crippen molar-refractivity contribution >= 4 is 16.5 Å². The fourth-order valence-electron chi connectivity index (χ4n) is 1.39. The van der Waals surface area contributed by atoms with Gasteiger partial charge in [-0.25, -0.2) is 4.39 Å². The van der Waals surface area contributed by atoms with E-state index in [1.54, 1.807) is 6.20 Å². The van der Waals surface area contributed by atoms with Gasteiger partial charge in [0.2, 0.25) is 5.13 Å². The molecular weight excluding hydrogens is 239 g/mol. The van der Waals surface area contributed by atoms with Crippen LogP contribution in [0.25, 0.3) is 0 Å². The molecule has 6 heteroatoms. The van der Waals surface area contributed by atoms with E-state index in [4.69, 9.17) is 0 Å². The number of aryl methyl sites for hydroxylation is 1. The minimum atomic E-state index is -0.331. The number of halogens is 1. The van der Waals surface area contributed by atoms with Gasteiger partial charge in [-0.05, 0) is 25.0 Å². The Labute approximate surface area is 103 Å². The maximum atomic E-state index is 13.0. The van der Waals surface area contributed by atoms with Crippen LogP contribution in [0, 0.1) is 5.82 Å². The van der Waals surface area contributed by atoms with Crippen molar-refractivity contribution in [3.05, 3.63) is 34.8 Å². The van der Waals surface area contributed by atoms with Crippen LogP contribution in [0.15, 0.2) is 18.5 Å². The molecule has 2 heterocycles. The molecule has 0 aliphatic carbocycles. The van der Waals surface area contributed by atoms with E-state index >= 15 is 0 Å². The average Bonchev–Trinajstić information content (AvgIpc) is 2.77. The lowest BCUT2D eigenvalue weighted by atomic mass is 10.1. The van der Waals surface area contributed by atoms with E-state index < -0.39 is 0 Å². The Kier molecular flexibility index (Phi) is 3.63. The van der Waals surface area contributed by atoms with Gasteiger partial charge in [-0.1, -0.05) is 18.3 Å². The quantitative estimate of drug-likeness (QED) is 0.909. The van der Waals surface area contributed by atoms with Crippen molar-refractivity contribution < 1.29 is 4.39 Å². The molecule has 2 aromatic rings. The summed E-state index contributed by atoms with van der Waals surface area (Å²) in [6, 6.07) is 1.42. The number of pyridine rings is 1. The maximum absolute atomic E-state index is 13.0. The van der Waals surface area contributed by atoms with Crippen LogP contribution < -0.4 is 5.32 Å². The summed E-state index contributed by atoms with van der Waals surface area (Å²) in [5.74, 6) is -0.331. The predicted octanol–water partition coefficient (Wildman–Crippen LogP) is 2.81. The highest BCUT2D eigenvalue weighted by atomic mass is 32.1. The van der Waals surface area contributed by atoms with E-state index in [2.05, 4.69) is 20.5 Å². The highest BCUT2D eigenvalue weighted by Gasteiger charge is 2.09. The van der Waals surface area contributed by atoms with Gasteiger partial charge >= 0.3 is 0 Å². The van der Waals surface area contributed by atoms with E-state index in [9.17, 15) is 4.39 Å². The molecule has 0 bridgehead atoms. The van der Waals surface area contributed by atoms with E-state index in [1.807, 2.05) is 13.8 Å². The second kappa shape index (κ2) is 5.18. The van der Waals surface area contributed by atoms with Crippen molar-refractivity contribution in [2.75, 3.05) is 5.32 Å². The Morgan fingerprint density at radius 1 is 1.41 bits per heavy atom. The summed E-state index contributed by atoms with van der Waals surface area (Å²) in [4.78, 5) is 3.82. The first-order chi connectivity index (χ1) is 8.19. The second-order valence-electron chi connectivity index (χ2n) is 3.66. The molecule has 1 unspecified atom stereocenters. The lowest BCUT2D eigenvalue weighted by Gasteiger charge is -2.12. The van der Waals surface area contributed by atoms with E-state index in [1.165, 1.54) is 23.6 Å². The lowest BCUT2D eigenvalue weighted by Crippen LogP contribution is -2.07. The summed E-state index contributed by atoms with van der Waals surface area (Å²) in [5.41, 5.74) is 0.790. The monoisotopic (exact) mass is 252 g/mol. The Morgan fingerprint density at radius 3 is 2.88 bits per heavy atom. The molecule has 0 saturated carbocycles. The SMILES string of the molecule is CCc1nnc(NC(C)c2cncc(F)c2)s1. The van der Waals surface area contributed by atoms with Gasteiger partial charge in [0.15, 0.2) is 0 Å². The minimum Gasteiger partial charge on any atom is -0.353 e. The van der Waals surface area contributed by atoms with Crippen LogP contribution in [0.4, 0.5) is 9.52 Å². The third-order valence-corrected chi connectivity index (χ3v) is 3.33. The first-order valence-corrected chi connectivity index (χ1v) is 6.20. The van der Waals surface area contributed by atoms with Crippen LogP contribution in [0.5, 0.6) is 0 Å². The number of nitrogens with zero attached hydrogens (tertiary/aromatic N) is 3. The normalized spacial score (nSPS) is 12.4. The van der Waals surface area contributed by atoms with Gasteiger partial charge in [0, 0.05) is 6.20 Å². The third-order valence-electron chi connectivity index (χ3n) is 2.34. The predicted molar refractivity (Wildman–Crippen MR) is 65.5 cm³/mol. The molecule has 0 radical (unpaired) electrons. The molecule has 90 valence electrons. The van der Waals surface area contributed by atoms with Crippen molar-refractivity contribution in [3.63, 3.8) is 0 Å². The van der Waals surface area contributed by atoms with Gasteiger partial charge in [-0.2, -0.15) is 0 Å². The molecule has 2 aromatic heterocycles. The van der Waals surface area contributed by atoms with E-state index in [0.29, 0.717) is 0 Å². The highest BCUT2D eigenvalue weighted by molar-refractivity contribution is 7.15. The smallest absolute Gasteiger partial charge is 0.206 e. The standard InChI is InChI=1S/C11H13FN4S/c1-3-10-15-16-11(17-10)14-7(2)8-4-9(12)6-13-5-8/h4-7H,3H2,1-2H3,(H,14,16). The molecule has 4 nitrogen and oxygen atoms in total. The van der Waals surface area contributed by atoms with Crippen LogP contribution in [0.3, 0.4) is 0 Å². The van der Waals surface area contributed by atoms with Gasteiger partial charge < -0.3 is 5.32 Å². The minimum absolute atomic E-state index is 0.0455. The molecule has 0 amide bonds. The van der Waals surface area contributed by atoms with Crippen LogP contribution in [-0.4, -0.2) is 15.2 Å². The maximum Gasteiger partial charge on any atom is 0.206 e. The van der Waals surface area contributed by atoms with Gasteiger partial charge in [-0.3, -0.25) is 4.98 Å². The Bertz CT molecular complexity index is 500. The second-order valence-corrected chi connectivity index (χ2v) is 4.72. The first kappa shape index (κ1) is 11.9. The Hall–Kier alpha value is -1.56. The number of rotatable bonds is 4. The molecule has 0 aromatic carbocycles. The van der Waals surface area contributed by atoms with Gasteiger partial charge in [0.25, 0.3) is 0 Å². The number of aromatic nitrogens is 3. The zero-order valence-electron chi connectivity index (χ0n) is 9.64. The third kappa shape index (κ3) is 2.97. The van der Waals surface area contributed by atoms with Crippen molar-refractivity contribution in [3.8, 4) is 0 Å². The highest BCUT2D eigenvalue weighted by Crippen LogP contribution is 2.22. The van der Waals surface area contributed by atoms with Crippen LogP contribution in [0.2, 0.25) is 0 Å². The summed E-state index contributed by atoms with van der Waals surface area (Å²) >= 11 is 1.51. The molecule has 0 fully saturated rings. The number of hydrogen-bond acceptors (Lipinski definition) is 5. The first-order valence-electron chi connectivity index (χ1n) is 5.38. The number of hydrogen-bond donors (Lipinski definition) is 1. The van der Waals surface area contributed by atoms with Crippen LogP contribution in [-0.2, 0) is 6.42 Å². The van der Waals surface area contributed by atoms with Crippen molar-refractivity contribution in [2.24, 2.45) is 0 Å². The van der Waals surface area contributed by atoms with Crippen molar-refractivity contribution in [1.29, 1.82) is 0 Å². The number of nitrogens with one attached hydrogen (secondary N) is 1. The molecule has 0 aliphatic heterocycles. The average molecular weight is 252 g/mol. The van der Waals surface area contributed by atoms with Gasteiger partial charge in [0.1, 0.15) is 10.8 Å². The molecule has 1 atom stereocenters. The summed E-state index contributed by atoms with van der Waals surface area (Å²) in [7, 11) is 0. The van der Waals surface area contributed by atoms with Crippen LogP contribution >= 0.6 is 11.3 Å². The summed E-state index contributed by atoms with van der Waals surface area (Å²) in [6.07, 6.45) is 3.70. The van der Waals surface area contributed by atoms with E-state index in [-0.39, 0.29) is 11.9 Å². The fourth-order valence-corrected chi connectivity index (χ4v) is 2.15. The summed E-state index contributed by atoms with van der Waals surface area (Å²) in [6.45, 7) is 3.97. The topological polar surface area (TPSA) is 50.7 Å². The van der Waals surface area contributed by atoms with Gasteiger partial charge in [0.05, 0.1) is 12.2 Å². The molecule has 2 rings (SSSR count). The number of anilines is 1. The molecule has 17 heavy (non-hydrogen) atoms. The Morgan fingerprint density at radius 2 is 2.24 bits per heavy atom. The molecule has 0 aliphatic rings. The zero-order valence-corrected chi connectivity index (χ0v) is 10.5. The zero-order chi connectivity index (χ0) is 12.3. The summed E-state index contributed by atoms with van der Waals surface area (Å²) < 4.78 is 13.0. The van der Waals surface area contributed by atoms with Crippen LogP contribution in [0.1, 0.15) is 30.5 Å². The Balaban J connectivity index is 2.08. The van der Waals surface area contributed by atoms with Crippen molar-refractivity contribution in [1.82, 2.24) is 15.2 Å². The molecular formula is C11H13FN4S. The summed E-state index contributed by atoms with van der Waals surface area (Å²) in [5, 5.41) is 12.9. The largest absolute Gasteiger partial charge is 0.353 e. The lowest BCUT2D eigenvalue weighted by molar-refractivity contribution is 0.616. The van der Waals surface area contributed by atoms with E-state index in [0.717, 1.165) is 22.1 Å². The molecule has 0 spiro atoms. The van der Waals surface area contributed by atoms with Gasteiger partial charge in [-0.15, -0.1) is 10.2 Å². The van der Waals surface area contributed by atoms with Crippen molar-refractivity contribution in [2.45, 2.75) is 26.3 Å².